The molecule has 0 heterocycles. The van der Waals surface area contributed by atoms with Crippen LogP contribution in [-0.4, -0.2) is 34.0 Å². The third-order valence-electron chi connectivity index (χ3n) is 3.77. The lowest BCUT2D eigenvalue weighted by Gasteiger charge is -2.29. The highest BCUT2D eigenvalue weighted by Gasteiger charge is 2.41. The molecule has 0 bridgehead atoms. The first-order chi connectivity index (χ1) is 9.84. The summed E-state index contributed by atoms with van der Waals surface area (Å²) in [4.78, 5) is 24.9. The van der Waals surface area contributed by atoms with Gasteiger partial charge in [-0.2, -0.15) is 0 Å². The number of rotatable bonds is 5. The SMILES string of the molecule is CC(C(=O)N(C1CC1)C(C)C(=O)O)c1c(F)cccc1F. The van der Waals surface area contributed by atoms with Gasteiger partial charge in [-0.1, -0.05) is 6.07 Å². The zero-order valence-corrected chi connectivity index (χ0v) is 11.8. The minimum atomic E-state index is -1.13. The molecule has 0 radical (unpaired) electrons. The van der Waals surface area contributed by atoms with E-state index in [1.54, 1.807) is 0 Å². The van der Waals surface area contributed by atoms with Gasteiger partial charge < -0.3 is 10.0 Å². The van der Waals surface area contributed by atoms with Crippen molar-refractivity contribution in [2.75, 3.05) is 0 Å². The van der Waals surface area contributed by atoms with Gasteiger partial charge in [-0.15, -0.1) is 0 Å². The minimum absolute atomic E-state index is 0.152. The Kier molecular flexibility index (Phi) is 4.25. The molecule has 1 N–H and O–H groups in total. The molecule has 2 rings (SSSR count). The van der Waals surface area contributed by atoms with Crippen molar-refractivity contribution in [3.63, 3.8) is 0 Å². The maximum absolute atomic E-state index is 13.8. The normalized spacial score (nSPS) is 17.1. The molecule has 1 fully saturated rings. The van der Waals surface area contributed by atoms with Crippen LogP contribution >= 0.6 is 0 Å². The van der Waals surface area contributed by atoms with Crippen molar-refractivity contribution in [1.29, 1.82) is 0 Å². The van der Waals surface area contributed by atoms with Crippen molar-refractivity contribution >= 4 is 11.9 Å². The topological polar surface area (TPSA) is 57.6 Å². The molecule has 114 valence electrons. The first-order valence-corrected chi connectivity index (χ1v) is 6.83. The molecule has 4 nitrogen and oxygen atoms in total. The quantitative estimate of drug-likeness (QED) is 0.908. The standard InChI is InChI=1S/C15H17F2NO3/c1-8(13-11(16)4-3-5-12(13)17)14(19)18(10-6-7-10)9(2)15(20)21/h3-5,8-10H,6-7H2,1-2H3,(H,20,21). The number of nitrogens with zero attached hydrogens (tertiary/aromatic N) is 1. The summed E-state index contributed by atoms with van der Waals surface area (Å²) in [5.41, 5.74) is -0.314. The molecule has 0 saturated heterocycles. The molecule has 21 heavy (non-hydrogen) atoms. The fourth-order valence-corrected chi connectivity index (χ4v) is 2.43. The van der Waals surface area contributed by atoms with Crippen LogP contribution in [0.3, 0.4) is 0 Å². The molecular weight excluding hydrogens is 280 g/mol. The number of carboxylic acids is 1. The summed E-state index contributed by atoms with van der Waals surface area (Å²) in [6, 6.07) is 2.24. The van der Waals surface area contributed by atoms with Gasteiger partial charge in [0.15, 0.2) is 0 Å². The monoisotopic (exact) mass is 297 g/mol. The Morgan fingerprint density at radius 3 is 2.19 bits per heavy atom. The van der Waals surface area contributed by atoms with Gasteiger partial charge in [0.2, 0.25) is 5.91 Å². The number of benzene rings is 1. The number of carboxylic acid groups (broad SMARTS) is 1. The molecule has 0 aliphatic heterocycles. The van der Waals surface area contributed by atoms with Gasteiger partial charge in [-0.05, 0) is 38.8 Å². The molecule has 2 unspecified atom stereocenters. The predicted molar refractivity (Wildman–Crippen MR) is 71.7 cm³/mol. The fourth-order valence-electron chi connectivity index (χ4n) is 2.43. The molecule has 1 aromatic rings. The third kappa shape index (κ3) is 3.04. The smallest absolute Gasteiger partial charge is 0.326 e. The van der Waals surface area contributed by atoms with Crippen LogP contribution in [0.15, 0.2) is 18.2 Å². The van der Waals surface area contributed by atoms with E-state index in [4.69, 9.17) is 5.11 Å². The summed E-state index contributed by atoms with van der Waals surface area (Å²) < 4.78 is 27.5. The van der Waals surface area contributed by atoms with Crippen molar-refractivity contribution in [3.05, 3.63) is 35.4 Å². The van der Waals surface area contributed by atoms with Crippen molar-refractivity contribution in [2.24, 2.45) is 0 Å². The summed E-state index contributed by atoms with van der Waals surface area (Å²) in [7, 11) is 0. The average molecular weight is 297 g/mol. The minimum Gasteiger partial charge on any atom is -0.480 e. The van der Waals surface area contributed by atoms with E-state index >= 15 is 0 Å². The Bertz CT molecular complexity index is 552. The van der Waals surface area contributed by atoms with Crippen LogP contribution in [0.4, 0.5) is 8.78 Å². The second-order valence-corrected chi connectivity index (χ2v) is 5.35. The lowest BCUT2D eigenvalue weighted by Crippen LogP contribution is -2.46. The Labute approximate surface area is 121 Å². The van der Waals surface area contributed by atoms with E-state index in [0.717, 1.165) is 25.0 Å². The molecule has 2 atom stereocenters. The lowest BCUT2D eigenvalue weighted by molar-refractivity contribution is -0.150. The fraction of sp³-hybridized carbons (Fsp3) is 0.467. The van der Waals surface area contributed by atoms with Crippen molar-refractivity contribution < 1.29 is 23.5 Å². The summed E-state index contributed by atoms with van der Waals surface area (Å²) >= 11 is 0. The van der Waals surface area contributed by atoms with Crippen molar-refractivity contribution in [1.82, 2.24) is 4.90 Å². The molecule has 1 amide bonds. The molecule has 0 aromatic heterocycles. The van der Waals surface area contributed by atoms with Crippen LogP contribution in [-0.2, 0) is 9.59 Å². The molecule has 1 aliphatic carbocycles. The van der Waals surface area contributed by atoms with Gasteiger partial charge in [0, 0.05) is 11.6 Å². The van der Waals surface area contributed by atoms with Crippen LogP contribution in [0.5, 0.6) is 0 Å². The molecular formula is C15H17F2NO3. The third-order valence-corrected chi connectivity index (χ3v) is 3.77. The Hall–Kier alpha value is -1.98. The Morgan fingerprint density at radius 2 is 1.76 bits per heavy atom. The Balaban J connectivity index is 2.30. The van der Waals surface area contributed by atoms with Crippen LogP contribution in [0, 0.1) is 11.6 Å². The first kappa shape index (κ1) is 15.4. The molecule has 6 heteroatoms. The average Bonchev–Trinajstić information content (AvgIpc) is 3.22. The zero-order valence-electron chi connectivity index (χ0n) is 11.8. The second kappa shape index (κ2) is 5.79. The number of hydrogen-bond donors (Lipinski definition) is 1. The van der Waals surface area contributed by atoms with Crippen LogP contribution < -0.4 is 0 Å². The Morgan fingerprint density at radius 1 is 1.24 bits per heavy atom. The highest BCUT2D eigenvalue weighted by Crippen LogP contribution is 2.33. The maximum atomic E-state index is 13.8. The number of hydrogen-bond acceptors (Lipinski definition) is 2. The van der Waals surface area contributed by atoms with Crippen LogP contribution in [0.1, 0.15) is 38.2 Å². The van der Waals surface area contributed by atoms with Gasteiger partial charge in [-0.25, -0.2) is 13.6 Å². The summed E-state index contributed by atoms with van der Waals surface area (Å²) in [6.45, 7) is 2.80. The van der Waals surface area contributed by atoms with E-state index in [2.05, 4.69) is 0 Å². The molecule has 1 saturated carbocycles. The molecule has 0 spiro atoms. The van der Waals surface area contributed by atoms with Gasteiger partial charge >= 0.3 is 5.97 Å². The number of halogens is 2. The summed E-state index contributed by atoms with van der Waals surface area (Å²) in [5, 5.41) is 9.10. The predicted octanol–water partition coefficient (Wildman–Crippen LogP) is 2.53. The number of amides is 1. The number of aliphatic carboxylic acids is 1. The highest BCUT2D eigenvalue weighted by molar-refractivity contribution is 5.88. The summed E-state index contributed by atoms with van der Waals surface area (Å²) in [5.74, 6) is -4.34. The zero-order chi connectivity index (χ0) is 15.7. The number of carbonyl (C=O) groups excluding carboxylic acids is 1. The molecule has 1 aromatic carbocycles. The van der Waals surface area contributed by atoms with E-state index in [9.17, 15) is 18.4 Å². The largest absolute Gasteiger partial charge is 0.480 e. The van der Waals surface area contributed by atoms with Gasteiger partial charge in [0.05, 0.1) is 5.92 Å². The van der Waals surface area contributed by atoms with Crippen LogP contribution in [0.25, 0.3) is 0 Å². The second-order valence-electron chi connectivity index (χ2n) is 5.35. The van der Waals surface area contributed by atoms with E-state index in [0.29, 0.717) is 0 Å². The molecule has 1 aliphatic rings. The van der Waals surface area contributed by atoms with Crippen LogP contribution in [0.2, 0.25) is 0 Å². The van der Waals surface area contributed by atoms with Crippen molar-refractivity contribution in [3.8, 4) is 0 Å². The van der Waals surface area contributed by atoms with E-state index in [-0.39, 0.29) is 11.6 Å². The number of carbonyl (C=O) groups is 2. The summed E-state index contributed by atoms with van der Waals surface area (Å²) in [6.07, 6.45) is 1.44. The van der Waals surface area contributed by atoms with E-state index in [1.165, 1.54) is 24.8 Å². The maximum Gasteiger partial charge on any atom is 0.326 e. The van der Waals surface area contributed by atoms with E-state index in [1.807, 2.05) is 0 Å². The van der Waals surface area contributed by atoms with E-state index < -0.39 is 35.5 Å². The lowest BCUT2D eigenvalue weighted by atomic mass is 9.97. The van der Waals surface area contributed by atoms with Gasteiger partial charge in [0.1, 0.15) is 17.7 Å². The first-order valence-electron chi connectivity index (χ1n) is 6.83. The highest BCUT2D eigenvalue weighted by atomic mass is 19.1. The van der Waals surface area contributed by atoms with Gasteiger partial charge in [0.25, 0.3) is 0 Å². The van der Waals surface area contributed by atoms with Gasteiger partial charge in [-0.3, -0.25) is 4.79 Å². The van der Waals surface area contributed by atoms with Crippen molar-refractivity contribution in [2.45, 2.75) is 44.7 Å².